The molecule has 1 aliphatic heterocycles. The zero-order valence-electron chi connectivity index (χ0n) is 13.0. The normalized spacial score (nSPS) is 18.5. The molecule has 24 heavy (non-hydrogen) atoms. The fraction of sp³-hybridized carbons (Fsp3) is 0.222. The first-order valence-corrected chi connectivity index (χ1v) is 8.74. The summed E-state index contributed by atoms with van der Waals surface area (Å²) in [5.74, 6) is 1.42. The minimum absolute atomic E-state index is 0.0403. The number of rotatable bonds is 4. The maximum absolute atomic E-state index is 12.3. The minimum atomic E-state index is -0.272. The first-order valence-electron chi connectivity index (χ1n) is 7.86. The van der Waals surface area contributed by atoms with E-state index < -0.39 is 0 Å². The van der Waals surface area contributed by atoms with Crippen molar-refractivity contribution in [2.75, 3.05) is 13.1 Å². The number of piperazine rings is 1. The number of aromatic nitrogens is 1. The van der Waals surface area contributed by atoms with E-state index in [0.717, 1.165) is 22.7 Å². The standard InChI is InChI=1S/C18H17N3O2S/c22-18-17(15-7-4-10-24-15)21(9-8-19-18)12-16-20-11-14(23-16)13-5-2-1-3-6-13/h1-7,10-11,17H,8-9,12H2,(H,19,22). The number of oxazole rings is 1. The molecule has 0 aliphatic carbocycles. The Kier molecular flexibility index (Phi) is 4.15. The second kappa shape index (κ2) is 6.59. The monoisotopic (exact) mass is 339 g/mol. The molecule has 3 aromatic rings. The Hall–Kier alpha value is -2.44. The molecule has 3 heterocycles. The van der Waals surface area contributed by atoms with E-state index in [2.05, 4.69) is 15.2 Å². The first kappa shape index (κ1) is 15.1. The zero-order valence-corrected chi connectivity index (χ0v) is 13.8. The predicted molar refractivity (Wildman–Crippen MR) is 92.4 cm³/mol. The summed E-state index contributed by atoms with van der Waals surface area (Å²) in [6, 6.07) is 13.6. The fourth-order valence-electron chi connectivity index (χ4n) is 2.93. The third-order valence-electron chi connectivity index (χ3n) is 4.07. The Balaban J connectivity index is 1.55. The van der Waals surface area contributed by atoms with Gasteiger partial charge in [-0.1, -0.05) is 36.4 Å². The summed E-state index contributed by atoms with van der Waals surface area (Å²) in [5.41, 5.74) is 1.00. The van der Waals surface area contributed by atoms with Gasteiger partial charge in [-0.05, 0) is 11.4 Å². The average Bonchev–Trinajstić information content (AvgIpc) is 3.28. The molecule has 0 radical (unpaired) electrons. The SMILES string of the molecule is O=C1NCCN(Cc2ncc(-c3ccccc3)o2)C1c1cccs1. The highest BCUT2D eigenvalue weighted by molar-refractivity contribution is 7.10. The fourth-order valence-corrected chi connectivity index (χ4v) is 3.79. The van der Waals surface area contributed by atoms with Crippen molar-refractivity contribution in [3.8, 4) is 11.3 Å². The molecule has 122 valence electrons. The molecule has 6 heteroatoms. The van der Waals surface area contributed by atoms with Crippen LogP contribution in [0, 0.1) is 0 Å². The van der Waals surface area contributed by atoms with Gasteiger partial charge in [-0.3, -0.25) is 9.69 Å². The van der Waals surface area contributed by atoms with Crippen LogP contribution in [0.25, 0.3) is 11.3 Å². The number of nitrogens with one attached hydrogen (secondary N) is 1. The molecule has 1 atom stereocenters. The lowest BCUT2D eigenvalue weighted by Gasteiger charge is -2.33. The van der Waals surface area contributed by atoms with Gasteiger partial charge in [0.25, 0.3) is 0 Å². The van der Waals surface area contributed by atoms with Crippen LogP contribution in [0.5, 0.6) is 0 Å². The maximum Gasteiger partial charge on any atom is 0.242 e. The number of nitrogens with zero attached hydrogens (tertiary/aromatic N) is 2. The van der Waals surface area contributed by atoms with E-state index in [-0.39, 0.29) is 11.9 Å². The van der Waals surface area contributed by atoms with Crippen LogP contribution in [-0.4, -0.2) is 28.9 Å². The summed E-state index contributed by atoms with van der Waals surface area (Å²) in [4.78, 5) is 19.9. The van der Waals surface area contributed by atoms with Gasteiger partial charge in [0.2, 0.25) is 11.8 Å². The second-order valence-electron chi connectivity index (χ2n) is 5.66. The molecule has 4 rings (SSSR count). The number of hydrogen-bond acceptors (Lipinski definition) is 5. The van der Waals surface area contributed by atoms with Gasteiger partial charge in [0.15, 0.2) is 5.76 Å². The molecule has 1 aromatic carbocycles. The molecular weight excluding hydrogens is 322 g/mol. The van der Waals surface area contributed by atoms with Crippen LogP contribution in [0.2, 0.25) is 0 Å². The van der Waals surface area contributed by atoms with Gasteiger partial charge in [-0.25, -0.2) is 4.98 Å². The molecular formula is C18H17N3O2S. The lowest BCUT2D eigenvalue weighted by molar-refractivity contribution is -0.129. The topological polar surface area (TPSA) is 58.4 Å². The second-order valence-corrected chi connectivity index (χ2v) is 6.64. The van der Waals surface area contributed by atoms with Crippen molar-refractivity contribution in [2.24, 2.45) is 0 Å². The summed E-state index contributed by atoms with van der Waals surface area (Å²) >= 11 is 1.60. The van der Waals surface area contributed by atoms with Crippen LogP contribution in [-0.2, 0) is 11.3 Å². The summed E-state index contributed by atoms with van der Waals surface area (Å²) in [6.07, 6.45) is 1.74. The van der Waals surface area contributed by atoms with Crippen LogP contribution in [0.1, 0.15) is 16.8 Å². The third-order valence-corrected chi connectivity index (χ3v) is 5.00. The molecule has 0 spiro atoms. The van der Waals surface area contributed by atoms with Crippen LogP contribution in [0.4, 0.5) is 0 Å². The van der Waals surface area contributed by atoms with E-state index in [0.29, 0.717) is 19.0 Å². The Morgan fingerprint density at radius 2 is 2.12 bits per heavy atom. The highest BCUT2D eigenvalue weighted by Crippen LogP contribution is 2.29. The van der Waals surface area contributed by atoms with E-state index >= 15 is 0 Å². The van der Waals surface area contributed by atoms with Crippen molar-refractivity contribution in [2.45, 2.75) is 12.6 Å². The number of benzene rings is 1. The van der Waals surface area contributed by atoms with Gasteiger partial charge in [0.1, 0.15) is 6.04 Å². The maximum atomic E-state index is 12.3. The zero-order chi connectivity index (χ0) is 16.4. The van der Waals surface area contributed by atoms with Crippen molar-refractivity contribution >= 4 is 17.2 Å². The Morgan fingerprint density at radius 3 is 2.92 bits per heavy atom. The number of amides is 1. The molecule has 0 bridgehead atoms. The summed E-state index contributed by atoms with van der Waals surface area (Å²) in [6.45, 7) is 1.94. The Morgan fingerprint density at radius 1 is 1.25 bits per heavy atom. The van der Waals surface area contributed by atoms with Crippen molar-refractivity contribution in [3.05, 3.63) is 64.8 Å². The number of hydrogen-bond donors (Lipinski definition) is 1. The molecule has 1 aliphatic rings. The lowest BCUT2D eigenvalue weighted by atomic mass is 10.1. The lowest BCUT2D eigenvalue weighted by Crippen LogP contribution is -2.49. The smallest absolute Gasteiger partial charge is 0.242 e. The molecule has 1 N–H and O–H groups in total. The third kappa shape index (κ3) is 2.98. The quantitative estimate of drug-likeness (QED) is 0.794. The van der Waals surface area contributed by atoms with Crippen molar-refractivity contribution in [1.29, 1.82) is 0 Å². The van der Waals surface area contributed by atoms with Gasteiger partial charge >= 0.3 is 0 Å². The highest BCUT2D eigenvalue weighted by Gasteiger charge is 2.32. The molecule has 1 saturated heterocycles. The van der Waals surface area contributed by atoms with Crippen molar-refractivity contribution < 1.29 is 9.21 Å². The van der Waals surface area contributed by atoms with E-state index in [1.54, 1.807) is 17.5 Å². The van der Waals surface area contributed by atoms with Gasteiger partial charge < -0.3 is 9.73 Å². The van der Waals surface area contributed by atoms with Crippen LogP contribution >= 0.6 is 11.3 Å². The van der Waals surface area contributed by atoms with Gasteiger partial charge in [0, 0.05) is 23.5 Å². The molecule has 2 aromatic heterocycles. The summed E-state index contributed by atoms with van der Waals surface area (Å²) in [7, 11) is 0. The molecule has 1 fully saturated rings. The van der Waals surface area contributed by atoms with E-state index in [4.69, 9.17) is 4.42 Å². The number of thiophene rings is 1. The van der Waals surface area contributed by atoms with Crippen LogP contribution in [0.3, 0.4) is 0 Å². The van der Waals surface area contributed by atoms with Crippen molar-refractivity contribution in [3.63, 3.8) is 0 Å². The molecule has 1 unspecified atom stereocenters. The van der Waals surface area contributed by atoms with Crippen molar-refractivity contribution in [1.82, 2.24) is 15.2 Å². The first-order chi connectivity index (χ1) is 11.8. The molecule has 1 amide bonds. The largest absolute Gasteiger partial charge is 0.439 e. The average molecular weight is 339 g/mol. The van der Waals surface area contributed by atoms with E-state index in [9.17, 15) is 4.79 Å². The number of carbonyl (C=O) groups excluding carboxylic acids is 1. The Labute approximate surface area is 143 Å². The predicted octanol–water partition coefficient (Wildman–Crippen LogP) is 3.08. The molecule has 0 saturated carbocycles. The Bertz CT molecular complexity index is 814. The molecule has 5 nitrogen and oxygen atoms in total. The highest BCUT2D eigenvalue weighted by atomic mass is 32.1. The van der Waals surface area contributed by atoms with E-state index in [1.165, 1.54) is 0 Å². The van der Waals surface area contributed by atoms with E-state index in [1.807, 2.05) is 47.8 Å². The van der Waals surface area contributed by atoms with Crippen LogP contribution < -0.4 is 5.32 Å². The van der Waals surface area contributed by atoms with Crippen LogP contribution in [0.15, 0.2) is 58.5 Å². The summed E-state index contributed by atoms with van der Waals surface area (Å²) < 4.78 is 5.89. The van der Waals surface area contributed by atoms with Gasteiger partial charge in [-0.2, -0.15) is 0 Å². The van der Waals surface area contributed by atoms with Gasteiger partial charge in [0.05, 0.1) is 12.7 Å². The van der Waals surface area contributed by atoms with Gasteiger partial charge in [-0.15, -0.1) is 11.3 Å². The minimum Gasteiger partial charge on any atom is -0.439 e. The number of carbonyl (C=O) groups is 1. The summed E-state index contributed by atoms with van der Waals surface area (Å²) in [5, 5.41) is 4.94.